The van der Waals surface area contributed by atoms with Gasteiger partial charge in [-0.1, -0.05) is 109 Å². The highest BCUT2D eigenvalue weighted by Crippen LogP contribution is 2.60. The van der Waals surface area contributed by atoms with Crippen LogP contribution in [0.5, 0.6) is 0 Å². The lowest BCUT2D eigenvalue weighted by molar-refractivity contribution is 0.0981. The molecule has 2 bridgehead atoms. The van der Waals surface area contributed by atoms with E-state index >= 15 is 0 Å². The average molecular weight is 473 g/mol. The van der Waals surface area contributed by atoms with Crippen LogP contribution in [0.2, 0.25) is 0 Å². The zero-order valence-corrected chi connectivity index (χ0v) is 20.2. The molecule has 4 aromatic carbocycles. The van der Waals surface area contributed by atoms with E-state index in [2.05, 4.69) is 30.5 Å². The molecule has 0 spiro atoms. The van der Waals surface area contributed by atoms with Crippen LogP contribution in [0.1, 0.15) is 48.9 Å². The van der Waals surface area contributed by atoms with Crippen LogP contribution in [-0.4, -0.2) is 23.6 Å². The number of Topliss-reactive ketones (excluding diaryl/α,β-unsaturated/α-hetero) is 2. The Morgan fingerprint density at radius 1 is 0.657 bits per heavy atom. The topological polar surface area (TPSA) is 34.1 Å². The van der Waals surface area contributed by atoms with Crippen molar-refractivity contribution in [3.05, 3.63) is 154 Å². The van der Waals surface area contributed by atoms with Gasteiger partial charge in [0.15, 0.2) is 11.6 Å². The molecule has 0 saturated carbocycles. The first-order valence-corrected chi connectivity index (χ1v) is 13.2. The Balaban J connectivity index is 1.75. The molecule has 0 radical (unpaired) electrons. The van der Waals surface area contributed by atoms with Gasteiger partial charge in [0.2, 0.25) is 0 Å². The van der Waals surface area contributed by atoms with Gasteiger partial charge in [-0.3, -0.25) is 9.59 Å². The molecule has 2 nitrogen and oxygen atoms in total. The number of ketones is 2. The van der Waals surface area contributed by atoms with Gasteiger partial charge < -0.3 is 0 Å². The summed E-state index contributed by atoms with van der Waals surface area (Å²) in [7, 11) is 0. The van der Waals surface area contributed by atoms with Gasteiger partial charge in [0.1, 0.15) is 0 Å². The Bertz CT molecular complexity index is 1440. The molecule has 0 atom stereocenters. The quantitative estimate of drug-likeness (QED) is 0.288. The van der Waals surface area contributed by atoms with E-state index < -0.39 is 5.41 Å². The molecule has 4 aromatic rings. The number of allylic oxidation sites excluding steroid dienone is 2. The van der Waals surface area contributed by atoms with Crippen molar-refractivity contribution in [1.82, 2.24) is 0 Å². The minimum Gasteiger partial charge on any atom is -0.289 e. The van der Waals surface area contributed by atoms with Gasteiger partial charge in [0.25, 0.3) is 0 Å². The van der Waals surface area contributed by atoms with Gasteiger partial charge in [-0.25, -0.2) is 0 Å². The molecular weight excluding hydrogens is 448 g/mol. The molecule has 0 saturated heterocycles. The lowest BCUT2D eigenvalue weighted by atomic mass is 9.52. The van der Waals surface area contributed by atoms with E-state index in [0.29, 0.717) is 28.0 Å². The Hall–Kier alpha value is -3.69. The summed E-state index contributed by atoms with van der Waals surface area (Å²) in [4.78, 5) is 28.7. The number of benzene rings is 4. The van der Waals surface area contributed by atoms with Crippen LogP contribution < -0.4 is 0 Å². The van der Waals surface area contributed by atoms with Crippen LogP contribution in [-0.2, 0) is 5.41 Å². The highest BCUT2D eigenvalue weighted by atomic mass is 32.2. The fourth-order valence-corrected chi connectivity index (χ4v) is 6.91. The molecule has 0 aromatic heterocycles. The molecule has 3 heteroatoms. The van der Waals surface area contributed by atoms with E-state index in [4.69, 9.17) is 0 Å². The van der Waals surface area contributed by atoms with Crippen LogP contribution in [0.3, 0.4) is 0 Å². The van der Waals surface area contributed by atoms with Crippen LogP contribution in [0, 0.1) is 0 Å². The lowest BCUT2D eigenvalue weighted by Crippen LogP contribution is -2.48. The van der Waals surface area contributed by atoms with Crippen molar-refractivity contribution >= 4 is 23.3 Å². The summed E-state index contributed by atoms with van der Waals surface area (Å²) >= 11 is 1.71. The van der Waals surface area contributed by atoms with Gasteiger partial charge in [-0.15, -0.1) is 0 Å². The van der Waals surface area contributed by atoms with Crippen molar-refractivity contribution in [2.24, 2.45) is 0 Å². The SMILES string of the molecule is CSCC12C(C(=O)c3ccccc3)=C(C(=O)c3ccccc3)C(c3ccccc31)c1ccccc12. The second-order valence-corrected chi connectivity index (χ2v) is 9.99. The summed E-state index contributed by atoms with van der Waals surface area (Å²) in [6.45, 7) is 0. The third-order valence-corrected chi connectivity index (χ3v) is 8.07. The monoisotopic (exact) mass is 472 g/mol. The molecule has 35 heavy (non-hydrogen) atoms. The predicted octanol–water partition coefficient (Wildman–Crippen LogP) is 6.86. The third kappa shape index (κ3) is 3.11. The smallest absolute Gasteiger partial charge is 0.190 e. The summed E-state index contributed by atoms with van der Waals surface area (Å²) in [6, 6.07) is 35.5. The number of hydrogen-bond acceptors (Lipinski definition) is 3. The Morgan fingerprint density at radius 2 is 1.11 bits per heavy atom. The first-order chi connectivity index (χ1) is 17.2. The van der Waals surface area contributed by atoms with Crippen molar-refractivity contribution in [3.8, 4) is 0 Å². The maximum absolute atomic E-state index is 14.4. The fraction of sp³-hybridized carbons (Fsp3) is 0.125. The van der Waals surface area contributed by atoms with Crippen LogP contribution in [0.25, 0.3) is 0 Å². The summed E-state index contributed by atoms with van der Waals surface area (Å²) in [5.74, 6) is 0.270. The Morgan fingerprint density at radius 3 is 1.63 bits per heavy atom. The lowest BCUT2D eigenvalue weighted by Gasteiger charge is -2.51. The molecule has 0 fully saturated rings. The molecular formula is C32H24O2S. The average Bonchev–Trinajstić information content (AvgIpc) is 2.93. The van der Waals surface area contributed by atoms with Gasteiger partial charge in [0, 0.05) is 33.9 Å². The Labute approximate surface area is 209 Å². The maximum Gasteiger partial charge on any atom is 0.190 e. The molecule has 0 unspecified atom stereocenters. The van der Waals surface area contributed by atoms with Crippen LogP contribution >= 0.6 is 11.8 Å². The van der Waals surface area contributed by atoms with E-state index in [-0.39, 0.29) is 17.5 Å². The molecule has 0 N–H and O–H groups in total. The molecule has 7 rings (SSSR count). The number of thioether (sulfide) groups is 1. The van der Waals surface area contributed by atoms with Gasteiger partial charge >= 0.3 is 0 Å². The number of carbonyl (C=O) groups is 2. The summed E-state index contributed by atoms with van der Waals surface area (Å²) in [5.41, 5.74) is 6.32. The van der Waals surface area contributed by atoms with Crippen molar-refractivity contribution < 1.29 is 9.59 Å². The second kappa shape index (κ2) is 8.51. The highest BCUT2D eigenvalue weighted by Gasteiger charge is 2.56. The van der Waals surface area contributed by atoms with Gasteiger partial charge in [0.05, 0.1) is 5.41 Å². The van der Waals surface area contributed by atoms with E-state index in [1.807, 2.05) is 84.9 Å². The summed E-state index contributed by atoms with van der Waals surface area (Å²) < 4.78 is 0. The van der Waals surface area contributed by atoms with Crippen LogP contribution in [0.15, 0.2) is 120 Å². The third-order valence-electron chi connectivity index (χ3n) is 7.35. The molecule has 0 amide bonds. The van der Waals surface area contributed by atoms with E-state index in [0.717, 1.165) is 22.3 Å². The largest absolute Gasteiger partial charge is 0.289 e. The van der Waals surface area contributed by atoms with Gasteiger partial charge in [-0.05, 0) is 28.5 Å². The zero-order chi connectivity index (χ0) is 24.0. The predicted molar refractivity (Wildman–Crippen MR) is 142 cm³/mol. The van der Waals surface area contributed by atoms with E-state index in [1.54, 1.807) is 11.8 Å². The van der Waals surface area contributed by atoms with Gasteiger partial charge in [-0.2, -0.15) is 11.8 Å². The molecule has 0 heterocycles. The number of hydrogen-bond donors (Lipinski definition) is 0. The van der Waals surface area contributed by atoms with Crippen molar-refractivity contribution in [3.63, 3.8) is 0 Å². The zero-order valence-electron chi connectivity index (χ0n) is 19.4. The fourth-order valence-electron chi connectivity index (χ4n) is 6.03. The number of carbonyl (C=O) groups excluding carboxylic acids is 2. The standard InChI is InChI=1S/C32H24O2S/c1-35-20-32-25-18-10-8-16-23(25)27(24-17-9-11-19-26(24)32)28(30(33)21-12-4-2-5-13-21)29(32)31(34)22-14-6-3-7-15-22/h2-19,27H,20H2,1H3. The first kappa shape index (κ1) is 21.8. The minimum absolute atomic E-state index is 0.0621. The highest BCUT2D eigenvalue weighted by molar-refractivity contribution is 7.98. The number of rotatable bonds is 6. The van der Waals surface area contributed by atoms with Crippen LogP contribution in [0.4, 0.5) is 0 Å². The minimum atomic E-state index is -0.700. The maximum atomic E-state index is 14.4. The van der Waals surface area contributed by atoms with Crippen molar-refractivity contribution in [2.75, 3.05) is 12.0 Å². The molecule has 3 aliphatic rings. The Kier molecular flexibility index (Phi) is 5.31. The molecule has 0 aliphatic heterocycles. The first-order valence-electron chi connectivity index (χ1n) is 11.8. The van der Waals surface area contributed by atoms with Crippen molar-refractivity contribution in [2.45, 2.75) is 11.3 Å². The summed E-state index contributed by atoms with van der Waals surface area (Å²) in [6.07, 6.45) is 2.07. The molecule has 3 aliphatic carbocycles. The summed E-state index contributed by atoms with van der Waals surface area (Å²) in [5, 5.41) is 0. The van der Waals surface area contributed by atoms with E-state index in [9.17, 15) is 9.59 Å². The second-order valence-electron chi connectivity index (χ2n) is 9.12. The van der Waals surface area contributed by atoms with Crippen molar-refractivity contribution in [1.29, 1.82) is 0 Å². The molecule has 170 valence electrons. The normalized spacial score (nSPS) is 19.7. The van der Waals surface area contributed by atoms with E-state index in [1.165, 1.54) is 0 Å².